The number of hydrogen-bond donors (Lipinski definition) is 0. The lowest BCUT2D eigenvalue weighted by atomic mass is 9.76. The van der Waals surface area contributed by atoms with Crippen LogP contribution in [0.1, 0.15) is 87.9 Å². The number of carbonyl (C=O) groups excluding carboxylic acids is 1. The average Bonchev–Trinajstić information content (AvgIpc) is 3.73. The van der Waals surface area contributed by atoms with E-state index in [0.717, 1.165) is 80.9 Å². The summed E-state index contributed by atoms with van der Waals surface area (Å²) in [4.78, 5) is 27.6. The maximum Gasteiger partial charge on any atom is 0.225 e. The Kier molecular flexibility index (Phi) is 5.39. The summed E-state index contributed by atoms with van der Waals surface area (Å²) in [5, 5.41) is 0.611. The molecular formula is C26H37ClN4O. The van der Waals surface area contributed by atoms with Crippen LogP contribution in [0.4, 0.5) is 5.82 Å². The number of aromatic nitrogens is 2. The molecule has 3 heterocycles. The minimum atomic E-state index is 0.211. The van der Waals surface area contributed by atoms with Gasteiger partial charge in [-0.1, -0.05) is 11.6 Å². The molecule has 5 fully saturated rings. The second-order valence-electron chi connectivity index (χ2n) is 11.6. The Balaban J connectivity index is 1.12. The van der Waals surface area contributed by atoms with Crippen molar-refractivity contribution in [2.45, 2.75) is 83.5 Å². The quantitative estimate of drug-likeness (QED) is 0.573. The van der Waals surface area contributed by atoms with Crippen molar-refractivity contribution in [3.63, 3.8) is 0 Å². The Morgan fingerprint density at radius 2 is 1.66 bits per heavy atom. The molecule has 0 N–H and O–H groups in total. The summed E-state index contributed by atoms with van der Waals surface area (Å²) in [7, 11) is 0. The number of likely N-dealkylation sites (tertiary alicyclic amines) is 1. The molecule has 1 atom stereocenters. The first kappa shape index (κ1) is 21.2. The van der Waals surface area contributed by atoms with Crippen LogP contribution in [0.15, 0.2) is 0 Å². The molecule has 0 radical (unpaired) electrons. The molecule has 5 nitrogen and oxygen atoms in total. The third-order valence-electron chi connectivity index (χ3n) is 9.14. The summed E-state index contributed by atoms with van der Waals surface area (Å²) in [6.07, 6.45) is 13.5. The average molecular weight is 457 g/mol. The number of hydrogen-bond acceptors (Lipinski definition) is 4. The van der Waals surface area contributed by atoms with Gasteiger partial charge in [0, 0.05) is 49.0 Å². The van der Waals surface area contributed by atoms with E-state index in [4.69, 9.17) is 16.6 Å². The second kappa shape index (κ2) is 8.14. The van der Waals surface area contributed by atoms with Crippen LogP contribution in [-0.2, 0) is 4.79 Å². The fourth-order valence-electron chi connectivity index (χ4n) is 6.83. The largest absolute Gasteiger partial charge is 0.356 e. The normalized spacial score (nSPS) is 33.2. The van der Waals surface area contributed by atoms with Gasteiger partial charge in [-0.05, 0) is 89.4 Å². The van der Waals surface area contributed by atoms with Crippen LogP contribution in [0.5, 0.6) is 0 Å². The smallest absolute Gasteiger partial charge is 0.225 e. The lowest BCUT2D eigenvalue weighted by Gasteiger charge is -2.42. The van der Waals surface area contributed by atoms with Gasteiger partial charge < -0.3 is 9.80 Å². The van der Waals surface area contributed by atoms with Crippen LogP contribution in [-0.4, -0.2) is 47.0 Å². The summed E-state index contributed by atoms with van der Waals surface area (Å²) < 4.78 is 0. The van der Waals surface area contributed by atoms with Crippen LogP contribution in [0.25, 0.3) is 0 Å². The Labute approximate surface area is 197 Å². The van der Waals surface area contributed by atoms with E-state index < -0.39 is 0 Å². The van der Waals surface area contributed by atoms with Gasteiger partial charge in [-0.25, -0.2) is 9.97 Å². The van der Waals surface area contributed by atoms with Gasteiger partial charge in [0.1, 0.15) is 16.8 Å². The molecule has 0 bridgehead atoms. The van der Waals surface area contributed by atoms with Gasteiger partial charge >= 0.3 is 0 Å². The summed E-state index contributed by atoms with van der Waals surface area (Å²) in [5.41, 5.74) is 1.22. The highest BCUT2D eigenvalue weighted by atomic mass is 35.5. The number of anilines is 1. The minimum Gasteiger partial charge on any atom is -0.356 e. The summed E-state index contributed by atoms with van der Waals surface area (Å²) in [5.74, 6) is 5.10. The van der Waals surface area contributed by atoms with Gasteiger partial charge in [0.2, 0.25) is 5.91 Å². The molecule has 1 aromatic heterocycles. The molecule has 1 spiro atoms. The van der Waals surface area contributed by atoms with Crippen molar-refractivity contribution in [2.24, 2.45) is 23.2 Å². The van der Waals surface area contributed by atoms with Crippen LogP contribution < -0.4 is 4.90 Å². The van der Waals surface area contributed by atoms with Crippen molar-refractivity contribution in [1.82, 2.24) is 14.9 Å². The molecule has 174 valence electrons. The van der Waals surface area contributed by atoms with Crippen molar-refractivity contribution in [3.8, 4) is 0 Å². The third kappa shape index (κ3) is 4.03. The Bertz CT molecular complexity index is 890. The predicted molar refractivity (Wildman–Crippen MR) is 127 cm³/mol. The second-order valence-corrected chi connectivity index (χ2v) is 11.9. The molecule has 5 aliphatic rings. The van der Waals surface area contributed by atoms with E-state index >= 15 is 0 Å². The monoisotopic (exact) mass is 456 g/mol. The standard InChI is InChI=1S/C26H37ClN4O/c1-17-22(27)28-23(20-7-8-20)29-24(17)30-14-12-26(15-30)11-2-13-31(16-26)25(32)21-9-5-19(6-10-21)18-3-4-18/h18-21H,2-16H2,1H3. The lowest BCUT2D eigenvalue weighted by molar-refractivity contribution is -0.140. The number of rotatable bonds is 4. The molecule has 6 heteroatoms. The van der Waals surface area contributed by atoms with Crippen LogP contribution >= 0.6 is 11.6 Å². The summed E-state index contributed by atoms with van der Waals surface area (Å²) >= 11 is 6.50. The molecule has 1 amide bonds. The summed E-state index contributed by atoms with van der Waals surface area (Å²) in [6, 6.07) is 0. The molecule has 6 rings (SSSR count). The van der Waals surface area contributed by atoms with E-state index in [1.165, 1.54) is 44.9 Å². The maximum atomic E-state index is 13.4. The number of amides is 1. The Morgan fingerprint density at radius 3 is 2.34 bits per heavy atom. The SMILES string of the molecule is Cc1c(Cl)nc(C2CC2)nc1N1CCC2(CCCN(C(=O)C3CCC(C4CC4)CC3)C2)C1. The molecule has 0 aromatic carbocycles. The first-order valence-corrected chi connectivity index (χ1v) is 13.5. The lowest BCUT2D eigenvalue weighted by Crippen LogP contribution is -2.49. The zero-order chi connectivity index (χ0) is 21.9. The molecule has 2 aliphatic heterocycles. The zero-order valence-electron chi connectivity index (χ0n) is 19.5. The van der Waals surface area contributed by atoms with Crippen molar-refractivity contribution < 1.29 is 4.79 Å². The number of piperidine rings is 1. The van der Waals surface area contributed by atoms with Crippen LogP contribution in [0, 0.1) is 30.1 Å². The topological polar surface area (TPSA) is 49.3 Å². The van der Waals surface area contributed by atoms with Crippen molar-refractivity contribution in [1.29, 1.82) is 0 Å². The first-order chi connectivity index (χ1) is 15.5. The number of nitrogens with zero attached hydrogens (tertiary/aromatic N) is 4. The Morgan fingerprint density at radius 1 is 0.938 bits per heavy atom. The first-order valence-electron chi connectivity index (χ1n) is 13.1. The predicted octanol–water partition coefficient (Wildman–Crippen LogP) is 5.35. The van der Waals surface area contributed by atoms with Crippen molar-refractivity contribution >= 4 is 23.3 Å². The number of halogens is 1. The van der Waals surface area contributed by atoms with Crippen molar-refractivity contribution in [3.05, 3.63) is 16.5 Å². The molecule has 2 saturated heterocycles. The van der Waals surface area contributed by atoms with Gasteiger partial charge in [-0.15, -0.1) is 0 Å². The van der Waals surface area contributed by atoms with E-state index in [9.17, 15) is 4.79 Å². The zero-order valence-corrected chi connectivity index (χ0v) is 20.2. The minimum absolute atomic E-state index is 0.211. The fourth-order valence-corrected chi connectivity index (χ4v) is 7.01. The van der Waals surface area contributed by atoms with Crippen LogP contribution in [0.2, 0.25) is 5.15 Å². The highest BCUT2D eigenvalue weighted by Gasteiger charge is 2.45. The molecule has 3 aliphatic carbocycles. The van der Waals surface area contributed by atoms with E-state index in [-0.39, 0.29) is 11.3 Å². The molecular weight excluding hydrogens is 420 g/mol. The van der Waals surface area contributed by atoms with Gasteiger partial charge in [0.15, 0.2) is 0 Å². The van der Waals surface area contributed by atoms with E-state index in [1.807, 2.05) is 6.92 Å². The molecule has 3 saturated carbocycles. The highest BCUT2D eigenvalue weighted by molar-refractivity contribution is 6.30. The molecule has 32 heavy (non-hydrogen) atoms. The van der Waals surface area contributed by atoms with E-state index in [2.05, 4.69) is 14.8 Å². The Hall–Kier alpha value is -1.36. The summed E-state index contributed by atoms with van der Waals surface area (Å²) in [6.45, 7) is 5.93. The van der Waals surface area contributed by atoms with Crippen LogP contribution in [0.3, 0.4) is 0 Å². The van der Waals surface area contributed by atoms with E-state index in [1.54, 1.807) is 0 Å². The van der Waals surface area contributed by atoms with Gasteiger partial charge in [-0.2, -0.15) is 0 Å². The highest BCUT2D eigenvalue weighted by Crippen LogP contribution is 2.47. The van der Waals surface area contributed by atoms with Gasteiger partial charge in [0.05, 0.1) is 0 Å². The van der Waals surface area contributed by atoms with Gasteiger partial charge in [-0.3, -0.25) is 4.79 Å². The van der Waals surface area contributed by atoms with E-state index in [0.29, 0.717) is 17.0 Å². The fraction of sp³-hybridized carbons (Fsp3) is 0.808. The van der Waals surface area contributed by atoms with Crippen molar-refractivity contribution in [2.75, 3.05) is 31.1 Å². The maximum absolute atomic E-state index is 13.4. The molecule has 1 aromatic rings. The number of carbonyl (C=O) groups is 1. The van der Waals surface area contributed by atoms with Gasteiger partial charge in [0.25, 0.3) is 0 Å². The molecule has 1 unspecified atom stereocenters. The third-order valence-corrected chi connectivity index (χ3v) is 9.51.